The highest BCUT2D eigenvalue weighted by atomic mass is 19.1. The SMILES string of the molecule is C=C(CC)c1cc(F)ccc1F. The molecule has 0 aromatic heterocycles. The normalized spacial score (nSPS) is 9.92. The highest BCUT2D eigenvalue weighted by Crippen LogP contribution is 2.19. The quantitative estimate of drug-likeness (QED) is 0.635. The van der Waals surface area contributed by atoms with Gasteiger partial charge in [0.1, 0.15) is 11.6 Å². The summed E-state index contributed by atoms with van der Waals surface area (Å²) < 4.78 is 25.6. The number of hydrogen-bond donors (Lipinski definition) is 0. The second-order valence-corrected chi connectivity index (χ2v) is 2.58. The Bertz CT molecular complexity index is 303. The summed E-state index contributed by atoms with van der Waals surface area (Å²) in [6.07, 6.45) is 0.625. The van der Waals surface area contributed by atoms with Crippen molar-refractivity contribution in [3.8, 4) is 0 Å². The fourth-order valence-electron chi connectivity index (χ4n) is 0.959. The van der Waals surface area contributed by atoms with Gasteiger partial charge in [-0.2, -0.15) is 0 Å². The molecule has 1 aromatic rings. The van der Waals surface area contributed by atoms with Crippen LogP contribution in [0.25, 0.3) is 5.57 Å². The average Bonchev–Trinajstić information content (AvgIpc) is 2.08. The molecule has 0 amide bonds. The van der Waals surface area contributed by atoms with Crippen LogP contribution in [-0.4, -0.2) is 0 Å². The molecule has 0 bridgehead atoms. The van der Waals surface area contributed by atoms with Gasteiger partial charge >= 0.3 is 0 Å². The van der Waals surface area contributed by atoms with E-state index < -0.39 is 11.6 Å². The van der Waals surface area contributed by atoms with Crippen LogP contribution in [0.3, 0.4) is 0 Å². The molecule has 0 aliphatic rings. The lowest BCUT2D eigenvalue weighted by Crippen LogP contribution is -1.89. The zero-order valence-electron chi connectivity index (χ0n) is 6.90. The van der Waals surface area contributed by atoms with Crippen molar-refractivity contribution in [1.82, 2.24) is 0 Å². The molecule has 64 valence electrons. The van der Waals surface area contributed by atoms with Crippen LogP contribution in [0.4, 0.5) is 8.78 Å². The van der Waals surface area contributed by atoms with E-state index in [0.29, 0.717) is 12.0 Å². The van der Waals surface area contributed by atoms with E-state index in [4.69, 9.17) is 0 Å². The van der Waals surface area contributed by atoms with E-state index in [1.807, 2.05) is 6.92 Å². The van der Waals surface area contributed by atoms with Crippen LogP contribution in [0.5, 0.6) is 0 Å². The van der Waals surface area contributed by atoms with Gasteiger partial charge in [-0.15, -0.1) is 0 Å². The van der Waals surface area contributed by atoms with Crippen molar-refractivity contribution >= 4 is 5.57 Å². The first-order valence-electron chi connectivity index (χ1n) is 3.78. The van der Waals surface area contributed by atoms with Crippen molar-refractivity contribution in [1.29, 1.82) is 0 Å². The number of rotatable bonds is 2. The van der Waals surface area contributed by atoms with Crippen molar-refractivity contribution in [3.63, 3.8) is 0 Å². The van der Waals surface area contributed by atoms with E-state index in [9.17, 15) is 8.78 Å². The molecule has 0 aliphatic heterocycles. The molecule has 0 atom stereocenters. The Morgan fingerprint density at radius 2 is 2.08 bits per heavy atom. The van der Waals surface area contributed by atoms with E-state index in [-0.39, 0.29) is 5.56 Å². The van der Waals surface area contributed by atoms with Gasteiger partial charge in [-0.25, -0.2) is 8.78 Å². The summed E-state index contributed by atoms with van der Waals surface area (Å²) in [5.74, 6) is -0.843. The van der Waals surface area contributed by atoms with Gasteiger partial charge in [-0.3, -0.25) is 0 Å². The van der Waals surface area contributed by atoms with Gasteiger partial charge in [0, 0.05) is 5.56 Å². The van der Waals surface area contributed by atoms with Gasteiger partial charge in [0.2, 0.25) is 0 Å². The lowest BCUT2D eigenvalue weighted by molar-refractivity contribution is 0.596. The lowest BCUT2D eigenvalue weighted by atomic mass is 10.1. The summed E-state index contributed by atoms with van der Waals surface area (Å²) >= 11 is 0. The van der Waals surface area contributed by atoms with Crippen molar-refractivity contribution < 1.29 is 8.78 Å². The Balaban J connectivity index is 3.13. The fourth-order valence-corrected chi connectivity index (χ4v) is 0.959. The molecule has 0 spiro atoms. The molecular weight excluding hydrogens is 158 g/mol. The topological polar surface area (TPSA) is 0 Å². The molecule has 0 aliphatic carbocycles. The maximum absolute atomic E-state index is 13.0. The van der Waals surface area contributed by atoms with Crippen LogP contribution in [0, 0.1) is 11.6 Å². The summed E-state index contributed by atoms with van der Waals surface area (Å²) in [4.78, 5) is 0. The molecule has 0 unspecified atom stereocenters. The van der Waals surface area contributed by atoms with Crippen LogP contribution < -0.4 is 0 Å². The first-order valence-corrected chi connectivity index (χ1v) is 3.78. The molecule has 0 saturated carbocycles. The van der Waals surface area contributed by atoms with E-state index in [0.717, 1.165) is 12.1 Å². The predicted molar refractivity (Wildman–Crippen MR) is 45.7 cm³/mol. The van der Waals surface area contributed by atoms with E-state index >= 15 is 0 Å². The van der Waals surface area contributed by atoms with Gasteiger partial charge in [0.25, 0.3) is 0 Å². The third kappa shape index (κ3) is 1.70. The Kier molecular flexibility index (Phi) is 2.58. The first-order chi connectivity index (χ1) is 5.65. The van der Waals surface area contributed by atoms with E-state index in [1.54, 1.807) is 0 Å². The zero-order chi connectivity index (χ0) is 9.14. The highest BCUT2D eigenvalue weighted by molar-refractivity contribution is 5.63. The average molecular weight is 168 g/mol. The number of hydrogen-bond acceptors (Lipinski definition) is 0. The Hall–Kier alpha value is -1.18. The monoisotopic (exact) mass is 168 g/mol. The molecule has 0 heterocycles. The second-order valence-electron chi connectivity index (χ2n) is 2.58. The van der Waals surface area contributed by atoms with E-state index in [2.05, 4.69) is 6.58 Å². The largest absolute Gasteiger partial charge is 0.207 e. The van der Waals surface area contributed by atoms with Gasteiger partial charge in [-0.05, 0) is 30.2 Å². The predicted octanol–water partition coefficient (Wildman–Crippen LogP) is 3.39. The van der Waals surface area contributed by atoms with E-state index in [1.165, 1.54) is 6.07 Å². The Morgan fingerprint density at radius 3 is 2.67 bits per heavy atom. The number of benzene rings is 1. The standard InChI is InChI=1S/C10H10F2/c1-3-7(2)9-6-8(11)4-5-10(9)12/h4-6H,2-3H2,1H3. The first kappa shape index (κ1) is 8.91. The van der Waals surface area contributed by atoms with Crippen LogP contribution in [0.2, 0.25) is 0 Å². The highest BCUT2D eigenvalue weighted by Gasteiger charge is 2.05. The molecular formula is C10H10F2. The Morgan fingerprint density at radius 1 is 1.42 bits per heavy atom. The van der Waals surface area contributed by atoms with Gasteiger partial charge in [-0.1, -0.05) is 13.5 Å². The molecule has 0 N–H and O–H groups in total. The van der Waals surface area contributed by atoms with Crippen LogP contribution in [0.1, 0.15) is 18.9 Å². The molecule has 1 aromatic carbocycles. The minimum atomic E-state index is -0.430. The van der Waals surface area contributed by atoms with Crippen LogP contribution >= 0.6 is 0 Å². The van der Waals surface area contributed by atoms with Crippen molar-refractivity contribution in [2.24, 2.45) is 0 Å². The summed E-state index contributed by atoms with van der Waals surface area (Å²) in [6, 6.07) is 3.38. The van der Waals surface area contributed by atoms with Crippen molar-refractivity contribution in [2.75, 3.05) is 0 Å². The summed E-state index contributed by atoms with van der Waals surface area (Å²) in [6.45, 7) is 5.49. The van der Waals surface area contributed by atoms with Crippen molar-refractivity contribution in [2.45, 2.75) is 13.3 Å². The zero-order valence-corrected chi connectivity index (χ0v) is 6.90. The van der Waals surface area contributed by atoms with Crippen LogP contribution in [-0.2, 0) is 0 Å². The van der Waals surface area contributed by atoms with Crippen LogP contribution in [0.15, 0.2) is 24.8 Å². The molecule has 0 radical (unpaired) electrons. The third-order valence-corrected chi connectivity index (χ3v) is 1.74. The van der Waals surface area contributed by atoms with Gasteiger partial charge in [0.15, 0.2) is 0 Å². The van der Waals surface area contributed by atoms with Gasteiger partial charge < -0.3 is 0 Å². The molecule has 12 heavy (non-hydrogen) atoms. The summed E-state index contributed by atoms with van der Waals surface area (Å²) in [5, 5.41) is 0. The number of allylic oxidation sites excluding steroid dienone is 1. The Labute approximate surface area is 70.5 Å². The summed E-state index contributed by atoms with van der Waals surface area (Å²) in [7, 11) is 0. The smallest absolute Gasteiger partial charge is 0.130 e. The third-order valence-electron chi connectivity index (χ3n) is 1.74. The second kappa shape index (κ2) is 3.48. The minimum Gasteiger partial charge on any atom is -0.207 e. The maximum atomic E-state index is 13.0. The van der Waals surface area contributed by atoms with Crippen molar-refractivity contribution in [3.05, 3.63) is 42.0 Å². The molecule has 0 saturated heterocycles. The molecule has 0 nitrogen and oxygen atoms in total. The molecule has 2 heteroatoms. The molecule has 0 fully saturated rings. The fraction of sp³-hybridized carbons (Fsp3) is 0.200. The summed E-state index contributed by atoms with van der Waals surface area (Å²) in [5.41, 5.74) is 0.893. The number of halogens is 2. The van der Waals surface area contributed by atoms with Gasteiger partial charge in [0.05, 0.1) is 0 Å². The minimum absolute atomic E-state index is 0.275. The molecule has 1 rings (SSSR count). The maximum Gasteiger partial charge on any atom is 0.130 e. The lowest BCUT2D eigenvalue weighted by Gasteiger charge is -2.03.